The highest BCUT2D eigenvalue weighted by Crippen LogP contribution is 2.31. The van der Waals surface area contributed by atoms with Crippen molar-refractivity contribution in [2.45, 2.75) is 6.10 Å². The highest BCUT2D eigenvalue weighted by Gasteiger charge is 2.29. The van der Waals surface area contributed by atoms with Gasteiger partial charge in [0.25, 0.3) is 5.91 Å². The highest BCUT2D eigenvalue weighted by molar-refractivity contribution is 5.85. The van der Waals surface area contributed by atoms with Gasteiger partial charge in [0.15, 0.2) is 6.10 Å². The molecule has 1 N–H and O–H groups in total. The van der Waals surface area contributed by atoms with Crippen LogP contribution in [0.1, 0.15) is 17.2 Å². The Morgan fingerprint density at radius 1 is 1.13 bits per heavy atom. The van der Waals surface area contributed by atoms with E-state index >= 15 is 0 Å². The average Bonchev–Trinajstić information content (AvgIpc) is 3.40. The van der Waals surface area contributed by atoms with Crippen molar-refractivity contribution in [3.8, 4) is 22.9 Å². The molecule has 0 saturated carbocycles. The second kappa shape index (κ2) is 11.3. The third-order valence-corrected chi connectivity index (χ3v) is 6.60. The standard InChI is InChI=1S/C28H28N6O4/c1-37-27(20-5-3-2-4-6-20)28(36)33-11-9-32(10-12-33)25-8-7-21(17-30-25)24-15-23(38-14-13-35)19-34-26(24)22(16-29)18-31-34/h2-8,15,17-19,27,35H,9-14H2,1H3. The van der Waals surface area contributed by atoms with E-state index < -0.39 is 6.10 Å². The molecule has 5 rings (SSSR count). The van der Waals surface area contributed by atoms with Gasteiger partial charge in [-0.15, -0.1) is 0 Å². The smallest absolute Gasteiger partial charge is 0.256 e. The van der Waals surface area contributed by atoms with Crippen LogP contribution >= 0.6 is 0 Å². The molecule has 38 heavy (non-hydrogen) atoms. The summed E-state index contributed by atoms with van der Waals surface area (Å²) in [4.78, 5) is 21.8. The molecule has 1 aromatic carbocycles. The van der Waals surface area contributed by atoms with E-state index in [0.29, 0.717) is 43.0 Å². The zero-order valence-electron chi connectivity index (χ0n) is 21.0. The maximum Gasteiger partial charge on any atom is 0.256 e. The van der Waals surface area contributed by atoms with Crippen LogP contribution in [-0.4, -0.2) is 77.0 Å². The first-order valence-corrected chi connectivity index (χ1v) is 12.4. The maximum atomic E-state index is 13.1. The second-order valence-electron chi connectivity index (χ2n) is 8.87. The Bertz CT molecular complexity index is 1440. The van der Waals surface area contributed by atoms with Gasteiger partial charge in [0.1, 0.15) is 24.2 Å². The number of hydrogen-bond donors (Lipinski definition) is 1. The molecule has 0 spiro atoms. The number of nitriles is 1. The Kier molecular flexibility index (Phi) is 7.49. The summed E-state index contributed by atoms with van der Waals surface area (Å²) in [5, 5.41) is 23.0. The SMILES string of the molecule is COC(C(=O)N1CCN(c2ccc(-c3cc(OCCO)cn4ncc(C#N)c34)cn2)CC1)c1ccccc1. The van der Waals surface area contributed by atoms with Crippen molar-refractivity contribution in [3.63, 3.8) is 0 Å². The van der Waals surface area contributed by atoms with Crippen LogP contribution in [0.15, 0.2) is 67.1 Å². The first kappa shape index (κ1) is 25.2. The molecule has 1 fully saturated rings. The van der Waals surface area contributed by atoms with Gasteiger partial charge in [-0.25, -0.2) is 9.50 Å². The second-order valence-corrected chi connectivity index (χ2v) is 8.87. The Morgan fingerprint density at radius 3 is 2.58 bits per heavy atom. The third-order valence-electron chi connectivity index (χ3n) is 6.60. The minimum absolute atomic E-state index is 0.0388. The van der Waals surface area contributed by atoms with Gasteiger partial charge in [0, 0.05) is 50.6 Å². The van der Waals surface area contributed by atoms with Crippen LogP contribution in [0, 0.1) is 11.3 Å². The highest BCUT2D eigenvalue weighted by atomic mass is 16.5. The van der Waals surface area contributed by atoms with Crippen LogP contribution in [0.2, 0.25) is 0 Å². The third kappa shape index (κ3) is 5.02. The number of carbonyl (C=O) groups is 1. The molecule has 3 aromatic heterocycles. The maximum absolute atomic E-state index is 13.1. The van der Waals surface area contributed by atoms with Crippen molar-refractivity contribution in [2.24, 2.45) is 0 Å². The predicted octanol–water partition coefficient (Wildman–Crippen LogP) is 2.68. The summed E-state index contributed by atoms with van der Waals surface area (Å²) in [5.41, 5.74) is 3.53. The summed E-state index contributed by atoms with van der Waals surface area (Å²) in [6.07, 6.45) is 4.35. The van der Waals surface area contributed by atoms with E-state index in [1.807, 2.05) is 53.4 Å². The van der Waals surface area contributed by atoms with E-state index in [-0.39, 0.29) is 19.1 Å². The van der Waals surface area contributed by atoms with E-state index in [2.05, 4.69) is 16.1 Å². The number of pyridine rings is 2. The minimum atomic E-state index is -0.615. The number of fused-ring (bicyclic) bond motifs is 1. The van der Waals surface area contributed by atoms with Crippen molar-refractivity contribution < 1.29 is 19.4 Å². The Hall–Kier alpha value is -4.46. The molecule has 1 amide bonds. The number of aliphatic hydroxyl groups is 1. The number of piperazine rings is 1. The van der Waals surface area contributed by atoms with Gasteiger partial charge in [-0.3, -0.25) is 4.79 Å². The van der Waals surface area contributed by atoms with Gasteiger partial charge in [-0.2, -0.15) is 10.4 Å². The molecule has 194 valence electrons. The summed E-state index contributed by atoms with van der Waals surface area (Å²) < 4.78 is 12.7. The van der Waals surface area contributed by atoms with Gasteiger partial charge in [-0.1, -0.05) is 30.3 Å². The topological polar surface area (TPSA) is 116 Å². The van der Waals surface area contributed by atoms with Crippen molar-refractivity contribution >= 4 is 17.2 Å². The Labute approximate surface area is 220 Å². The Balaban J connectivity index is 1.31. The van der Waals surface area contributed by atoms with Gasteiger partial charge in [-0.05, 0) is 23.8 Å². The van der Waals surface area contributed by atoms with E-state index in [4.69, 9.17) is 19.6 Å². The van der Waals surface area contributed by atoms with Crippen molar-refractivity contribution in [2.75, 3.05) is 51.4 Å². The first-order chi connectivity index (χ1) is 18.6. The Morgan fingerprint density at radius 2 is 1.92 bits per heavy atom. The van der Waals surface area contributed by atoms with Crippen LogP contribution in [0.25, 0.3) is 16.6 Å². The lowest BCUT2D eigenvalue weighted by molar-refractivity contribution is -0.142. The number of ether oxygens (including phenoxy) is 2. The molecular formula is C28H28N6O4. The number of anilines is 1. The quantitative estimate of drug-likeness (QED) is 0.383. The van der Waals surface area contributed by atoms with Gasteiger partial charge >= 0.3 is 0 Å². The van der Waals surface area contributed by atoms with Crippen molar-refractivity contribution in [1.29, 1.82) is 5.26 Å². The number of methoxy groups -OCH3 is 1. The normalized spacial score (nSPS) is 14.3. The van der Waals surface area contributed by atoms with Gasteiger partial charge in [0.2, 0.25) is 0 Å². The number of hydrogen-bond acceptors (Lipinski definition) is 8. The number of nitrogens with zero attached hydrogens (tertiary/aromatic N) is 6. The first-order valence-electron chi connectivity index (χ1n) is 12.4. The number of aromatic nitrogens is 3. The number of aliphatic hydroxyl groups excluding tert-OH is 1. The van der Waals surface area contributed by atoms with E-state index in [1.165, 1.54) is 6.20 Å². The lowest BCUT2D eigenvalue weighted by Crippen LogP contribution is -2.50. The lowest BCUT2D eigenvalue weighted by Gasteiger charge is -2.36. The molecule has 10 heteroatoms. The molecule has 10 nitrogen and oxygen atoms in total. The van der Waals surface area contributed by atoms with E-state index in [1.54, 1.807) is 24.0 Å². The van der Waals surface area contributed by atoms with E-state index in [0.717, 1.165) is 22.5 Å². The fraction of sp³-hybridized carbons (Fsp3) is 0.286. The van der Waals surface area contributed by atoms with Crippen molar-refractivity contribution in [1.82, 2.24) is 19.5 Å². The number of carbonyl (C=O) groups excluding carboxylic acids is 1. The number of amides is 1. The molecule has 1 aliphatic heterocycles. The van der Waals surface area contributed by atoms with Crippen molar-refractivity contribution in [3.05, 3.63) is 78.2 Å². The molecule has 0 aliphatic carbocycles. The van der Waals surface area contributed by atoms with E-state index in [9.17, 15) is 10.1 Å². The lowest BCUT2D eigenvalue weighted by atomic mass is 10.1. The summed E-state index contributed by atoms with van der Waals surface area (Å²) in [6.45, 7) is 2.49. The molecular weight excluding hydrogens is 484 g/mol. The van der Waals surface area contributed by atoms with Crippen LogP contribution in [0.4, 0.5) is 5.82 Å². The summed E-state index contributed by atoms with van der Waals surface area (Å²) >= 11 is 0. The fourth-order valence-electron chi connectivity index (χ4n) is 4.70. The number of benzene rings is 1. The molecule has 4 aromatic rings. The summed E-state index contributed by atoms with van der Waals surface area (Å²) in [7, 11) is 1.56. The molecule has 4 heterocycles. The van der Waals surface area contributed by atoms with Crippen LogP contribution in [-0.2, 0) is 9.53 Å². The predicted molar refractivity (Wildman–Crippen MR) is 141 cm³/mol. The van der Waals surface area contributed by atoms with Gasteiger partial charge < -0.3 is 24.4 Å². The van der Waals surface area contributed by atoms with Gasteiger partial charge in [0.05, 0.1) is 30.1 Å². The minimum Gasteiger partial charge on any atom is -0.490 e. The monoisotopic (exact) mass is 512 g/mol. The summed E-state index contributed by atoms with van der Waals surface area (Å²) in [5.74, 6) is 1.30. The molecule has 1 unspecified atom stereocenters. The number of rotatable bonds is 8. The van der Waals surface area contributed by atoms with Crippen LogP contribution in [0.3, 0.4) is 0 Å². The fourth-order valence-corrected chi connectivity index (χ4v) is 4.70. The van der Waals surface area contributed by atoms with Crippen LogP contribution < -0.4 is 9.64 Å². The molecule has 1 saturated heterocycles. The largest absolute Gasteiger partial charge is 0.490 e. The average molecular weight is 513 g/mol. The summed E-state index contributed by atoms with van der Waals surface area (Å²) in [6, 6.07) is 17.4. The molecule has 1 aliphatic rings. The van der Waals surface area contributed by atoms with Crippen LogP contribution in [0.5, 0.6) is 5.75 Å². The molecule has 1 atom stereocenters. The zero-order valence-corrected chi connectivity index (χ0v) is 21.0. The zero-order chi connectivity index (χ0) is 26.5. The molecule has 0 radical (unpaired) electrons. The molecule has 0 bridgehead atoms.